The Bertz CT molecular complexity index is 663. The van der Waals surface area contributed by atoms with Crippen molar-refractivity contribution in [1.82, 2.24) is 0 Å². The lowest BCUT2D eigenvalue weighted by Crippen LogP contribution is -2.42. The second-order valence-corrected chi connectivity index (χ2v) is 7.81. The minimum absolute atomic E-state index is 0. The molecule has 0 unspecified atom stereocenters. The van der Waals surface area contributed by atoms with E-state index in [1.165, 1.54) is 6.08 Å². The molecule has 0 saturated heterocycles. The van der Waals surface area contributed by atoms with E-state index in [0.29, 0.717) is 0 Å². The van der Waals surface area contributed by atoms with Crippen LogP contribution in [0.1, 0.15) is 33.1 Å². The van der Waals surface area contributed by atoms with Crippen molar-refractivity contribution in [3.8, 4) is 30.3 Å². The largest absolute Gasteiger partial charge is 0.396 e. The number of nitrogens with zero attached hydrogens (tertiary/aromatic N) is 5. The SMILES string of the molecule is C.C=CC#N.N#CCCOCC(COCCC#N)(COCCC#N)COCCC#N.OCC(CO)(CO)CO. The van der Waals surface area contributed by atoms with E-state index in [4.69, 9.17) is 65.7 Å². The summed E-state index contributed by atoms with van der Waals surface area (Å²) >= 11 is 0. The maximum absolute atomic E-state index is 8.60. The van der Waals surface area contributed by atoms with E-state index in [1.54, 1.807) is 6.07 Å². The maximum Gasteiger partial charge on any atom is 0.0905 e. The summed E-state index contributed by atoms with van der Waals surface area (Å²) < 4.78 is 22.2. The predicted molar refractivity (Wildman–Crippen MR) is 140 cm³/mol. The third-order valence-electron chi connectivity index (χ3n) is 4.50. The van der Waals surface area contributed by atoms with Crippen molar-refractivity contribution in [3.05, 3.63) is 12.7 Å². The molecule has 0 saturated carbocycles. The number of aliphatic hydroxyl groups excluding tert-OH is 4. The zero-order chi connectivity index (χ0) is 29.4. The third-order valence-corrected chi connectivity index (χ3v) is 4.50. The minimum atomic E-state index is -1.11. The van der Waals surface area contributed by atoms with E-state index in [0.717, 1.165) is 0 Å². The molecule has 4 N–H and O–H groups in total. The van der Waals surface area contributed by atoms with Gasteiger partial charge >= 0.3 is 0 Å². The van der Waals surface area contributed by atoms with Crippen molar-refractivity contribution in [2.75, 3.05) is 79.3 Å². The standard InChI is InChI=1S/C17H24N4O4.C5H12O4.C3H3N.CH4/c18-5-1-9-22-13-17(14-23-10-2-6-19,15-24-11-3-7-20)16-25-12-4-8-21;6-1-5(2-7,3-8)4-9;1-2-3-4;/h1-4,9-16H2;6-9H,1-4H2;2H,1H2;1H4. The molecule has 0 aromatic rings. The fourth-order valence-electron chi connectivity index (χ4n) is 2.18. The second-order valence-electron chi connectivity index (χ2n) is 7.81. The first-order chi connectivity index (χ1) is 18.4. The van der Waals surface area contributed by atoms with Crippen LogP contribution in [0, 0.1) is 67.5 Å². The van der Waals surface area contributed by atoms with Gasteiger partial charge in [-0.2, -0.15) is 26.3 Å². The summed E-state index contributed by atoms with van der Waals surface area (Å²) in [6.45, 7) is 3.63. The molecular weight excluding hydrogens is 510 g/mol. The summed E-state index contributed by atoms with van der Waals surface area (Å²) in [6, 6.07) is 9.72. The molecule has 0 amide bonds. The lowest BCUT2D eigenvalue weighted by atomic mass is 9.92. The van der Waals surface area contributed by atoms with Gasteiger partial charge in [0, 0.05) is 6.08 Å². The molecule has 0 aliphatic rings. The van der Waals surface area contributed by atoms with E-state index in [9.17, 15) is 0 Å². The van der Waals surface area contributed by atoms with Crippen molar-refractivity contribution in [1.29, 1.82) is 26.3 Å². The third kappa shape index (κ3) is 26.3. The summed E-state index contributed by atoms with van der Waals surface area (Å²) in [6.07, 6.45) is 2.28. The fraction of sp³-hybridized carbons (Fsp3) is 0.731. The molecule has 0 aliphatic heterocycles. The molecule has 0 fully saturated rings. The highest BCUT2D eigenvalue weighted by Gasteiger charge is 2.32. The predicted octanol–water partition coefficient (Wildman–Crippen LogP) is 0.968. The summed E-state index contributed by atoms with van der Waals surface area (Å²) in [4.78, 5) is 0. The van der Waals surface area contributed by atoms with Crippen LogP contribution >= 0.6 is 0 Å². The van der Waals surface area contributed by atoms with Crippen molar-refractivity contribution in [2.24, 2.45) is 10.8 Å². The minimum Gasteiger partial charge on any atom is -0.396 e. The highest BCUT2D eigenvalue weighted by atomic mass is 16.5. The Kier molecular flexibility index (Phi) is 36.2. The van der Waals surface area contributed by atoms with Gasteiger partial charge in [0.2, 0.25) is 0 Å². The summed E-state index contributed by atoms with van der Waals surface area (Å²) in [5, 5.41) is 75.9. The molecule has 0 aliphatic carbocycles. The highest BCUT2D eigenvalue weighted by molar-refractivity contribution is 4.93. The zero-order valence-corrected chi connectivity index (χ0v) is 21.8. The lowest BCUT2D eigenvalue weighted by molar-refractivity contribution is -0.104. The molecule has 0 heterocycles. The van der Waals surface area contributed by atoms with E-state index in [1.807, 2.05) is 24.3 Å². The maximum atomic E-state index is 8.60. The van der Waals surface area contributed by atoms with Gasteiger partial charge in [0.25, 0.3) is 0 Å². The first kappa shape index (κ1) is 42.9. The van der Waals surface area contributed by atoms with Crippen molar-refractivity contribution >= 4 is 0 Å². The average molecular weight is 554 g/mol. The van der Waals surface area contributed by atoms with Gasteiger partial charge in [0.15, 0.2) is 0 Å². The van der Waals surface area contributed by atoms with Gasteiger partial charge < -0.3 is 39.4 Å². The van der Waals surface area contributed by atoms with Gasteiger partial charge in [-0.25, -0.2) is 0 Å². The molecule has 0 radical (unpaired) electrons. The number of allylic oxidation sites excluding steroid dienone is 1. The molecule has 13 heteroatoms. The number of nitriles is 5. The normalized spacial score (nSPS) is 9.82. The average Bonchev–Trinajstić information content (AvgIpc) is 2.96. The van der Waals surface area contributed by atoms with Gasteiger partial charge in [-0.05, 0) is 0 Å². The van der Waals surface area contributed by atoms with Crippen LogP contribution in [0.2, 0.25) is 0 Å². The number of rotatable bonds is 20. The number of aliphatic hydroxyl groups is 4. The van der Waals surface area contributed by atoms with Crippen LogP contribution in [0.15, 0.2) is 12.7 Å². The number of ether oxygens (including phenoxy) is 4. The molecule has 0 atom stereocenters. The molecule has 0 aromatic carbocycles. The fourth-order valence-corrected chi connectivity index (χ4v) is 2.18. The van der Waals surface area contributed by atoms with Crippen LogP contribution < -0.4 is 0 Å². The second kappa shape index (κ2) is 32.9. The zero-order valence-electron chi connectivity index (χ0n) is 21.8. The van der Waals surface area contributed by atoms with Crippen molar-refractivity contribution < 1.29 is 39.4 Å². The number of hydrogen-bond acceptors (Lipinski definition) is 13. The lowest BCUT2D eigenvalue weighted by Gasteiger charge is -2.32. The Labute approximate surface area is 232 Å². The van der Waals surface area contributed by atoms with Crippen LogP contribution in [0.3, 0.4) is 0 Å². The van der Waals surface area contributed by atoms with Crippen LogP contribution in [0.25, 0.3) is 0 Å². The molecule has 39 heavy (non-hydrogen) atoms. The first-order valence-corrected chi connectivity index (χ1v) is 11.6. The van der Waals surface area contributed by atoms with Gasteiger partial charge in [0.1, 0.15) is 0 Å². The Morgan fingerprint density at radius 2 is 0.769 bits per heavy atom. The molecule has 0 bridgehead atoms. The van der Waals surface area contributed by atoms with Gasteiger partial charge in [-0.3, -0.25) is 0 Å². The topological polar surface area (TPSA) is 237 Å². The first-order valence-electron chi connectivity index (χ1n) is 11.6. The van der Waals surface area contributed by atoms with Crippen LogP contribution in [-0.2, 0) is 18.9 Å². The van der Waals surface area contributed by atoms with Crippen molar-refractivity contribution in [3.63, 3.8) is 0 Å². The summed E-state index contributed by atoms with van der Waals surface area (Å²) in [5.74, 6) is 0. The van der Waals surface area contributed by atoms with Crippen molar-refractivity contribution in [2.45, 2.75) is 33.1 Å². The highest BCUT2D eigenvalue weighted by Crippen LogP contribution is 2.21. The van der Waals surface area contributed by atoms with Crippen LogP contribution in [-0.4, -0.2) is 99.7 Å². The van der Waals surface area contributed by atoms with E-state index in [-0.39, 0.29) is 86.0 Å². The summed E-state index contributed by atoms with van der Waals surface area (Å²) in [5.41, 5.74) is -1.74. The Morgan fingerprint density at radius 1 is 0.538 bits per heavy atom. The Morgan fingerprint density at radius 3 is 0.897 bits per heavy atom. The smallest absolute Gasteiger partial charge is 0.0905 e. The van der Waals surface area contributed by atoms with Gasteiger partial charge in [-0.15, -0.1) is 0 Å². The quantitative estimate of drug-likeness (QED) is 0.121. The van der Waals surface area contributed by atoms with E-state index in [2.05, 4.69) is 6.58 Å². The monoisotopic (exact) mass is 553 g/mol. The van der Waals surface area contributed by atoms with E-state index >= 15 is 0 Å². The molecule has 0 aromatic heterocycles. The van der Waals surface area contributed by atoms with Crippen LogP contribution in [0.4, 0.5) is 0 Å². The molecule has 0 rings (SSSR count). The number of hydrogen-bond donors (Lipinski definition) is 4. The van der Waals surface area contributed by atoms with Crippen LogP contribution in [0.5, 0.6) is 0 Å². The Hall–Kier alpha value is -3.13. The van der Waals surface area contributed by atoms with Gasteiger partial charge in [0.05, 0.1) is 146 Å². The molecule has 220 valence electrons. The molecule has 0 spiro atoms. The van der Waals surface area contributed by atoms with E-state index < -0.39 is 37.3 Å². The van der Waals surface area contributed by atoms with Gasteiger partial charge in [-0.1, -0.05) is 14.0 Å². The Balaban J connectivity index is -0.000000362. The summed E-state index contributed by atoms with van der Waals surface area (Å²) in [7, 11) is 0. The molecule has 13 nitrogen and oxygen atoms in total. The molecular formula is C26H43N5O8.